The van der Waals surface area contributed by atoms with Crippen LogP contribution in [0.25, 0.3) is 0 Å². The molecule has 8 nitrogen and oxygen atoms in total. The van der Waals surface area contributed by atoms with Gasteiger partial charge in [-0.15, -0.1) is 0 Å². The summed E-state index contributed by atoms with van der Waals surface area (Å²) in [4.78, 5) is 17.4. The van der Waals surface area contributed by atoms with Crippen LogP contribution < -0.4 is 15.4 Å². The molecule has 0 spiro atoms. The van der Waals surface area contributed by atoms with Crippen molar-refractivity contribution >= 4 is 17.5 Å². The van der Waals surface area contributed by atoms with Gasteiger partial charge in [-0.2, -0.15) is 10.1 Å². The van der Waals surface area contributed by atoms with Gasteiger partial charge in [0.15, 0.2) is 0 Å². The first-order valence-electron chi connectivity index (χ1n) is 8.68. The minimum atomic E-state index is -0.524. The van der Waals surface area contributed by atoms with Gasteiger partial charge in [0.25, 0.3) is 5.91 Å². The van der Waals surface area contributed by atoms with Gasteiger partial charge in [0.1, 0.15) is 23.9 Å². The van der Waals surface area contributed by atoms with Gasteiger partial charge in [-0.25, -0.2) is 4.68 Å². The number of rotatable bonds is 4. The second-order valence-electron chi connectivity index (χ2n) is 6.37. The zero-order valence-corrected chi connectivity index (χ0v) is 15.4. The SMILES string of the molecule is COc1ccc(NC(=O)C2=C(C)Nc3ncnn3C2c2cccc(O)c2)cc1. The maximum Gasteiger partial charge on any atom is 0.255 e. The Balaban J connectivity index is 1.72. The minimum absolute atomic E-state index is 0.116. The van der Waals surface area contributed by atoms with E-state index in [1.807, 2.05) is 13.0 Å². The van der Waals surface area contributed by atoms with E-state index in [-0.39, 0.29) is 11.7 Å². The molecule has 2 aromatic carbocycles. The summed E-state index contributed by atoms with van der Waals surface area (Å²) in [7, 11) is 1.59. The van der Waals surface area contributed by atoms with Crippen LogP contribution in [-0.2, 0) is 4.79 Å². The lowest BCUT2D eigenvalue weighted by Gasteiger charge is -2.28. The summed E-state index contributed by atoms with van der Waals surface area (Å²) in [5.74, 6) is 1.08. The summed E-state index contributed by atoms with van der Waals surface area (Å²) < 4.78 is 6.78. The average Bonchev–Trinajstić information content (AvgIpc) is 3.15. The molecule has 1 unspecified atom stereocenters. The largest absolute Gasteiger partial charge is 0.508 e. The van der Waals surface area contributed by atoms with Gasteiger partial charge < -0.3 is 20.5 Å². The van der Waals surface area contributed by atoms with Crippen LogP contribution in [0.5, 0.6) is 11.5 Å². The molecular formula is C20H19N5O3. The lowest BCUT2D eigenvalue weighted by molar-refractivity contribution is -0.113. The van der Waals surface area contributed by atoms with Crippen LogP contribution in [-0.4, -0.2) is 32.9 Å². The highest BCUT2D eigenvalue weighted by molar-refractivity contribution is 6.06. The van der Waals surface area contributed by atoms with Crippen molar-refractivity contribution in [1.29, 1.82) is 0 Å². The first kappa shape index (κ1) is 17.6. The third-order valence-corrected chi connectivity index (χ3v) is 4.57. The Morgan fingerprint density at radius 1 is 1.25 bits per heavy atom. The van der Waals surface area contributed by atoms with E-state index >= 15 is 0 Å². The maximum absolute atomic E-state index is 13.2. The molecule has 1 amide bonds. The Morgan fingerprint density at radius 3 is 2.75 bits per heavy atom. The van der Waals surface area contributed by atoms with E-state index in [9.17, 15) is 9.90 Å². The van der Waals surface area contributed by atoms with Crippen molar-refractivity contribution in [3.63, 3.8) is 0 Å². The number of aromatic hydroxyl groups is 1. The number of allylic oxidation sites excluding steroid dienone is 1. The predicted molar refractivity (Wildman–Crippen MR) is 104 cm³/mol. The molecule has 0 fully saturated rings. The number of amides is 1. The van der Waals surface area contributed by atoms with Crippen LogP contribution >= 0.6 is 0 Å². The summed E-state index contributed by atoms with van der Waals surface area (Å²) >= 11 is 0. The van der Waals surface area contributed by atoms with E-state index in [1.165, 1.54) is 6.33 Å². The number of methoxy groups -OCH3 is 1. The van der Waals surface area contributed by atoms with E-state index in [4.69, 9.17) is 4.74 Å². The van der Waals surface area contributed by atoms with Crippen molar-refractivity contribution in [2.75, 3.05) is 17.7 Å². The Labute approximate surface area is 161 Å². The van der Waals surface area contributed by atoms with Gasteiger partial charge >= 0.3 is 0 Å². The highest BCUT2D eigenvalue weighted by atomic mass is 16.5. The Morgan fingerprint density at radius 2 is 2.04 bits per heavy atom. The number of aromatic nitrogens is 3. The number of nitrogens with one attached hydrogen (secondary N) is 2. The fourth-order valence-corrected chi connectivity index (χ4v) is 3.26. The normalized spacial score (nSPS) is 15.6. The molecule has 3 aromatic rings. The lowest BCUT2D eigenvalue weighted by Crippen LogP contribution is -2.31. The Kier molecular flexibility index (Phi) is 4.44. The molecule has 8 heteroatoms. The number of anilines is 2. The average molecular weight is 377 g/mol. The van der Waals surface area contributed by atoms with Crippen molar-refractivity contribution in [3.8, 4) is 11.5 Å². The first-order valence-corrected chi connectivity index (χ1v) is 8.68. The molecule has 0 aliphatic carbocycles. The number of nitrogens with zero attached hydrogens (tertiary/aromatic N) is 3. The lowest BCUT2D eigenvalue weighted by atomic mass is 9.95. The second kappa shape index (κ2) is 7.07. The van der Waals surface area contributed by atoms with Crippen molar-refractivity contribution in [3.05, 3.63) is 71.7 Å². The third kappa shape index (κ3) is 3.16. The van der Waals surface area contributed by atoms with E-state index in [0.717, 1.165) is 5.56 Å². The molecule has 1 atom stereocenters. The van der Waals surface area contributed by atoms with Gasteiger partial charge in [-0.05, 0) is 48.9 Å². The summed E-state index contributed by atoms with van der Waals surface area (Å²) in [5, 5.41) is 20.2. The smallest absolute Gasteiger partial charge is 0.255 e. The number of hydrogen-bond donors (Lipinski definition) is 3. The van der Waals surface area contributed by atoms with E-state index in [2.05, 4.69) is 20.7 Å². The maximum atomic E-state index is 13.2. The fourth-order valence-electron chi connectivity index (χ4n) is 3.26. The van der Waals surface area contributed by atoms with E-state index < -0.39 is 6.04 Å². The number of fused-ring (bicyclic) bond motifs is 1. The number of benzene rings is 2. The molecule has 1 aliphatic rings. The Hall–Kier alpha value is -3.81. The molecule has 4 rings (SSSR count). The van der Waals surface area contributed by atoms with Crippen molar-refractivity contribution < 1.29 is 14.6 Å². The summed E-state index contributed by atoms with van der Waals surface area (Å²) in [6.07, 6.45) is 1.43. The zero-order chi connectivity index (χ0) is 19.7. The molecule has 1 aliphatic heterocycles. The monoisotopic (exact) mass is 377 g/mol. The highest BCUT2D eigenvalue weighted by Crippen LogP contribution is 2.36. The molecular weight excluding hydrogens is 358 g/mol. The molecule has 2 heterocycles. The number of ether oxygens (including phenoxy) is 1. The van der Waals surface area contributed by atoms with E-state index in [1.54, 1.807) is 54.3 Å². The van der Waals surface area contributed by atoms with Crippen molar-refractivity contribution in [1.82, 2.24) is 14.8 Å². The number of carbonyl (C=O) groups excluding carboxylic acids is 1. The van der Waals surface area contributed by atoms with Crippen LogP contribution in [0.4, 0.5) is 11.6 Å². The van der Waals surface area contributed by atoms with Gasteiger partial charge in [0.2, 0.25) is 5.95 Å². The molecule has 0 saturated carbocycles. The Bertz CT molecular complexity index is 1060. The quantitative estimate of drug-likeness (QED) is 0.646. The van der Waals surface area contributed by atoms with Crippen LogP contribution in [0.3, 0.4) is 0 Å². The van der Waals surface area contributed by atoms with Crippen molar-refractivity contribution in [2.24, 2.45) is 0 Å². The molecule has 3 N–H and O–H groups in total. The molecule has 28 heavy (non-hydrogen) atoms. The molecule has 142 valence electrons. The van der Waals surface area contributed by atoms with Crippen LogP contribution in [0, 0.1) is 0 Å². The molecule has 0 radical (unpaired) electrons. The number of phenols is 1. The summed E-state index contributed by atoms with van der Waals surface area (Å²) in [6, 6.07) is 13.4. The number of hydrogen-bond acceptors (Lipinski definition) is 6. The molecule has 0 saturated heterocycles. The topological polar surface area (TPSA) is 101 Å². The number of carbonyl (C=O) groups is 1. The molecule has 1 aromatic heterocycles. The minimum Gasteiger partial charge on any atom is -0.508 e. The van der Waals surface area contributed by atoms with Crippen LogP contribution in [0.15, 0.2) is 66.1 Å². The fraction of sp³-hybridized carbons (Fsp3) is 0.150. The van der Waals surface area contributed by atoms with Crippen LogP contribution in [0.1, 0.15) is 18.5 Å². The van der Waals surface area contributed by atoms with Gasteiger partial charge in [0.05, 0.1) is 12.7 Å². The number of phenolic OH excluding ortho intramolecular Hbond substituents is 1. The highest BCUT2D eigenvalue weighted by Gasteiger charge is 2.33. The van der Waals surface area contributed by atoms with Gasteiger partial charge in [-0.3, -0.25) is 4.79 Å². The van der Waals surface area contributed by atoms with Crippen molar-refractivity contribution in [2.45, 2.75) is 13.0 Å². The molecule has 0 bridgehead atoms. The predicted octanol–water partition coefficient (Wildman–Crippen LogP) is 2.92. The summed E-state index contributed by atoms with van der Waals surface area (Å²) in [5.41, 5.74) is 2.52. The zero-order valence-electron chi connectivity index (χ0n) is 15.4. The third-order valence-electron chi connectivity index (χ3n) is 4.57. The standard InChI is InChI=1S/C20H19N5O3/c1-12-17(19(27)24-14-6-8-16(28-2)9-7-14)18(13-4-3-5-15(26)10-13)25-20(23-12)21-11-22-25/h3-11,18,26H,1-2H3,(H,24,27)(H,21,22,23). The van der Waals surface area contributed by atoms with Gasteiger partial charge in [0, 0.05) is 11.4 Å². The van der Waals surface area contributed by atoms with Gasteiger partial charge in [-0.1, -0.05) is 12.1 Å². The first-order chi connectivity index (χ1) is 13.6. The summed E-state index contributed by atoms with van der Waals surface area (Å²) in [6.45, 7) is 1.82. The second-order valence-corrected chi connectivity index (χ2v) is 6.37. The van der Waals surface area contributed by atoms with E-state index in [0.29, 0.717) is 28.7 Å². The van der Waals surface area contributed by atoms with Crippen LogP contribution in [0.2, 0.25) is 0 Å².